The Hall–Kier alpha value is -1.61. The van der Waals surface area contributed by atoms with E-state index in [0.29, 0.717) is 11.3 Å². The van der Waals surface area contributed by atoms with Crippen LogP contribution in [0.4, 0.5) is 4.39 Å². The van der Waals surface area contributed by atoms with Crippen molar-refractivity contribution in [2.24, 2.45) is 0 Å². The fraction of sp³-hybridized carbons (Fsp3) is 0.333. The average Bonchev–Trinajstić information content (AvgIpc) is 2.25. The second-order valence-electron chi connectivity index (χ2n) is 5.33. The Morgan fingerprint density at radius 3 is 2.50 bits per heavy atom. The molecule has 0 aromatic heterocycles. The van der Waals surface area contributed by atoms with Crippen molar-refractivity contribution in [3.05, 3.63) is 41.7 Å². The highest BCUT2D eigenvalue weighted by Crippen LogP contribution is 2.31. The Bertz CT molecular complexity index is 570. The second kappa shape index (κ2) is 4.58. The number of ether oxygens (including phenoxy) is 1. The lowest BCUT2D eigenvalue weighted by Gasteiger charge is -2.23. The lowest BCUT2D eigenvalue weighted by molar-refractivity contribution is 0.133. The van der Waals surface area contributed by atoms with Crippen LogP contribution < -0.4 is 4.74 Å². The van der Waals surface area contributed by atoms with Crippen molar-refractivity contribution in [1.82, 2.24) is 0 Å². The Morgan fingerprint density at radius 1 is 1.17 bits per heavy atom. The van der Waals surface area contributed by atoms with E-state index in [1.807, 2.05) is 20.8 Å². The molecule has 0 unspecified atom stereocenters. The number of fused-ring (bicyclic) bond motifs is 1. The number of hydrogen-bond acceptors (Lipinski definition) is 2. The molecule has 3 heteroatoms. The van der Waals surface area contributed by atoms with Gasteiger partial charge in [-0.3, -0.25) is 0 Å². The fourth-order valence-electron chi connectivity index (χ4n) is 1.87. The molecular formula is C15H17FO2. The molecule has 0 radical (unpaired) electrons. The minimum Gasteiger partial charge on any atom is -0.487 e. The first-order chi connectivity index (χ1) is 8.39. The zero-order valence-corrected chi connectivity index (χ0v) is 10.8. The highest BCUT2D eigenvalue weighted by atomic mass is 19.1. The quantitative estimate of drug-likeness (QED) is 0.879. The van der Waals surface area contributed by atoms with Crippen molar-refractivity contribution in [2.45, 2.75) is 33.0 Å². The van der Waals surface area contributed by atoms with Crippen LogP contribution in [0.1, 0.15) is 26.3 Å². The number of aliphatic hydroxyl groups excluding tert-OH is 1. The van der Waals surface area contributed by atoms with Gasteiger partial charge in [-0.25, -0.2) is 4.39 Å². The van der Waals surface area contributed by atoms with Crippen molar-refractivity contribution in [2.75, 3.05) is 0 Å². The smallest absolute Gasteiger partial charge is 0.128 e. The van der Waals surface area contributed by atoms with E-state index in [1.54, 1.807) is 18.2 Å². The van der Waals surface area contributed by atoms with Gasteiger partial charge in [0.2, 0.25) is 0 Å². The fourth-order valence-corrected chi connectivity index (χ4v) is 1.87. The van der Waals surface area contributed by atoms with Crippen molar-refractivity contribution >= 4 is 10.8 Å². The van der Waals surface area contributed by atoms with Crippen molar-refractivity contribution in [3.8, 4) is 5.75 Å². The van der Waals surface area contributed by atoms with E-state index in [1.165, 1.54) is 12.1 Å². The number of hydrogen-bond donors (Lipinski definition) is 1. The highest BCUT2D eigenvalue weighted by Gasteiger charge is 2.15. The molecule has 0 saturated heterocycles. The van der Waals surface area contributed by atoms with Gasteiger partial charge in [-0.15, -0.1) is 0 Å². The molecule has 0 fully saturated rings. The Kier molecular flexibility index (Phi) is 3.26. The summed E-state index contributed by atoms with van der Waals surface area (Å²) in [5.74, 6) is 0.378. The van der Waals surface area contributed by atoms with Crippen LogP contribution in [-0.2, 0) is 6.61 Å². The first-order valence-electron chi connectivity index (χ1n) is 5.91. The molecule has 2 nitrogen and oxygen atoms in total. The molecule has 0 aliphatic heterocycles. The van der Waals surface area contributed by atoms with Crippen molar-refractivity contribution in [1.29, 1.82) is 0 Å². The molecular weight excluding hydrogens is 231 g/mol. The maximum atomic E-state index is 13.2. The van der Waals surface area contributed by atoms with Gasteiger partial charge in [0, 0.05) is 5.39 Å². The molecule has 0 atom stereocenters. The number of rotatable bonds is 2. The third-order valence-electron chi connectivity index (χ3n) is 2.54. The van der Waals surface area contributed by atoms with Gasteiger partial charge in [0.1, 0.15) is 17.2 Å². The molecule has 2 aromatic carbocycles. The summed E-state index contributed by atoms with van der Waals surface area (Å²) in [5, 5.41) is 10.8. The Labute approximate surface area is 106 Å². The number of halogens is 1. The van der Waals surface area contributed by atoms with Gasteiger partial charge in [0.15, 0.2) is 0 Å². The molecule has 2 aromatic rings. The van der Waals surface area contributed by atoms with E-state index in [0.717, 1.165) is 10.8 Å². The summed E-state index contributed by atoms with van der Waals surface area (Å²) in [4.78, 5) is 0. The monoisotopic (exact) mass is 248 g/mol. The van der Waals surface area contributed by atoms with Crippen molar-refractivity contribution < 1.29 is 14.2 Å². The van der Waals surface area contributed by atoms with E-state index in [4.69, 9.17) is 4.74 Å². The lowest BCUT2D eigenvalue weighted by atomic mass is 10.1. The first kappa shape index (κ1) is 12.8. The maximum absolute atomic E-state index is 13.2. The molecule has 0 aliphatic rings. The van der Waals surface area contributed by atoms with Gasteiger partial charge in [0.05, 0.1) is 6.61 Å². The molecule has 1 N–H and O–H groups in total. The summed E-state index contributed by atoms with van der Waals surface area (Å²) >= 11 is 0. The highest BCUT2D eigenvalue weighted by molar-refractivity contribution is 5.89. The minimum atomic E-state index is -0.338. The van der Waals surface area contributed by atoms with Gasteiger partial charge in [-0.05, 0) is 62.1 Å². The van der Waals surface area contributed by atoms with Gasteiger partial charge in [0.25, 0.3) is 0 Å². The summed E-state index contributed by atoms with van der Waals surface area (Å²) in [5.41, 5.74) is 0.377. The van der Waals surface area contributed by atoms with Crippen LogP contribution >= 0.6 is 0 Å². The topological polar surface area (TPSA) is 29.5 Å². The summed E-state index contributed by atoms with van der Waals surface area (Å²) in [7, 11) is 0. The Balaban J connectivity index is 2.62. The average molecular weight is 248 g/mol. The third-order valence-corrected chi connectivity index (χ3v) is 2.54. The molecule has 0 aliphatic carbocycles. The number of benzene rings is 2. The SMILES string of the molecule is CC(C)(C)Oc1cc(CO)cc2cc(F)ccc12. The van der Waals surface area contributed by atoms with Crippen molar-refractivity contribution in [3.63, 3.8) is 0 Å². The lowest BCUT2D eigenvalue weighted by Crippen LogP contribution is -2.23. The summed E-state index contributed by atoms with van der Waals surface area (Å²) in [6.45, 7) is 5.77. The van der Waals surface area contributed by atoms with Crippen LogP contribution in [0, 0.1) is 5.82 Å². The summed E-state index contributed by atoms with van der Waals surface area (Å²) < 4.78 is 19.1. The third kappa shape index (κ3) is 2.79. The van der Waals surface area contributed by atoms with E-state index in [9.17, 15) is 9.50 Å². The van der Waals surface area contributed by atoms with E-state index in [2.05, 4.69) is 0 Å². The van der Waals surface area contributed by atoms with Crippen LogP contribution in [0.2, 0.25) is 0 Å². The van der Waals surface area contributed by atoms with E-state index in [-0.39, 0.29) is 18.0 Å². The van der Waals surface area contributed by atoms with Crippen LogP contribution in [0.5, 0.6) is 5.75 Å². The standard InChI is InChI=1S/C15H17FO2/c1-15(2,3)18-14-7-10(9-17)6-11-8-12(16)4-5-13(11)14/h4-8,17H,9H2,1-3H3. The van der Waals surface area contributed by atoms with Crippen LogP contribution in [0.3, 0.4) is 0 Å². The van der Waals surface area contributed by atoms with Crippen LogP contribution in [0.15, 0.2) is 30.3 Å². The molecule has 96 valence electrons. The zero-order valence-electron chi connectivity index (χ0n) is 10.8. The second-order valence-corrected chi connectivity index (χ2v) is 5.33. The summed E-state index contributed by atoms with van der Waals surface area (Å²) in [6.07, 6.45) is 0. The first-order valence-corrected chi connectivity index (χ1v) is 5.91. The number of aliphatic hydroxyl groups is 1. The summed E-state index contributed by atoms with van der Waals surface area (Å²) in [6, 6.07) is 8.13. The van der Waals surface area contributed by atoms with E-state index >= 15 is 0 Å². The van der Waals surface area contributed by atoms with Gasteiger partial charge in [-0.2, -0.15) is 0 Å². The predicted molar refractivity (Wildman–Crippen MR) is 70.2 cm³/mol. The molecule has 18 heavy (non-hydrogen) atoms. The largest absolute Gasteiger partial charge is 0.487 e. The minimum absolute atomic E-state index is 0.0903. The molecule has 0 spiro atoms. The molecule has 0 saturated carbocycles. The normalized spacial score (nSPS) is 11.8. The molecule has 0 bridgehead atoms. The zero-order chi connectivity index (χ0) is 13.3. The van der Waals surface area contributed by atoms with Gasteiger partial charge in [-0.1, -0.05) is 0 Å². The molecule has 2 rings (SSSR count). The van der Waals surface area contributed by atoms with Crippen LogP contribution in [-0.4, -0.2) is 10.7 Å². The molecule has 0 amide bonds. The predicted octanol–water partition coefficient (Wildman–Crippen LogP) is 3.65. The maximum Gasteiger partial charge on any atom is 0.128 e. The van der Waals surface area contributed by atoms with Gasteiger partial charge >= 0.3 is 0 Å². The van der Waals surface area contributed by atoms with E-state index < -0.39 is 0 Å². The molecule has 0 heterocycles. The van der Waals surface area contributed by atoms with Crippen LogP contribution in [0.25, 0.3) is 10.8 Å². The Morgan fingerprint density at radius 2 is 1.89 bits per heavy atom. The van der Waals surface area contributed by atoms with Gasteiger partial charge < -0.3 is 9.84 Å².